The summed E-state index contributed by atoms with van der Waals surface area (Å²) in [6.07, 6.45) is 1.66. The van der Waals surface area contributed by atoms with Crippen LogP contribution in [0.15, 0.2) is 65.8 Å². The highest BCUT2D eigenvalue weighted by Crippen LogP contribution is 2.17. The average Bonchev–Trinajstić information content (AvgIpc) is 3.24. The molecule has 0 aliphatic rings. The largest absolute Gasteiger partial charge is 0.497 e. The molecular formula is C22H26FN5O2. The molecule has 2 N–H and O–H groups in total. The number of para-hydroxylation sites is 1. The lowest BCUT2D eigenvalue weighted by Gasteiger charge is -2.17. The van der Waals surface area contributed by atoms with Crippen molar-refractivity contribution in [3.8, 4) is 17.2 Å². The zero-order valence-corrected chi connectivity index (χ0v) is 17.3. The van der Waals surface area contributed by atoms with Crippen LogP contribution in [-0.4, -0.2) is 42.5 Å². The van der Waals surface area contributed by atoms with Crippen LogP contribution in [0.2, 0.25) is 0 Å². The van der Waals surface area contributed by atoms with E-state index in [-0.39, 0.29) is 17.7 Å². The Kier molecular flexibility index (Phi) is 7.26. The number of nitrogens with one attached hydrogen (secondary N) is 2. The minimum absolute atomic E-state index is 0.235. The predicted octanol–water partition coefficient (Wildman–Crippen LogP) is 3.15. The molecule has 0 saturated carbocycles. The Morgan fingerprint density at radius 2 is 1.90 bits per heavy atom. The SMILES string of the molecule is CN=C(NCc1ccn(-c2ccc(OC)cc2)n1)NCC(C)Oc1ccccc1F. The van der Waals surface area contributed by atoms with Gasteiger partial charge in [0, 0.05) is 13.2 Å². The van der Waals surface area contributed by atoms with Gasteiger partial charge in [-0.25, -0.2) is 9.07 Å². The summed E-state index contributed by atoms with van der Waals surface area (Å²) in [6.45, 7) is 2.84. The summed E-state index contributed by atoms with van der Waals surface area (Å²) >= 11 is 0. The standard InChI is InChI=1S/C22H26FN5O2/c1-16(30-21-7-5-4-6-20(21)23)14-25-22(24-2)26-15-17-12-13-28(27-17)18-8-10-19(29-3)11-9-18/h4-13,16H,14-15H2,1-3H3,(H2,24,25,26). The van der Waals surface area contributed by atoms with Crippen LogP contribution in [0.3, 0.4) is 0 Å². The topological polar surface area (TPSA) is 72.7 Å². The number of nitrogens with zero attached hydrogens (tertiary/aromatic N) is 3. The van der Waals surface area contributed by atoms with E-state index in [2.05, 4.69) is 20.7 Å². The highest BCUT2D eigenvalue weighted by Gasteiger charge is 2.09. The first-order valence-electron chi connectivity index (χ1n) is 9.63. The molecule has 8 heteroatoms. The van der Waals surface area contributed by atoms with Gasteiger partial charge in [0.15, 0.2) is 17.5 Å². The van der Waals surface area contributed by atoms with Crippen molar-refractivity contribution < 1.29 is 13.9 Å². The van der Waals surface area contributed by atoms with Crippen molar-refractivity contribution in [2.45, 2.75) is 19.6 Å². The normalized spacial score (nSPS) is 12.3. The third kappa shape index (κ3) is 5.73. The van der Waals surface area contributed by atoms with Gasteiger partial charge in [-0.05, 0) is 49.4 Å². The van der Waals surface area contributed by atoms with E-state index in [4.69, 9.17) is 9.47 Å². The van der Waals surface area contributed by atoms with Gasteiger partial charge < -0.3 is 20.1 Å². The Labute approximate surface area is 175 Å². The van der Waals surface area contributed by atoms with Gasteiger partial charge in [0.25, 0.3) is 0 Å². The lowest BCUT2D eigenvalue weighted by Crippen LogP contribution is -2.41. The molecule has 1 aromatic heterocycles. The van der Waals surface area contributed by atoms with E-state index in [1.807, 2.05) is 43.5 Å². The summed E-state index contributed by atoms with van der Waals surface area (Å²) in [5.74, 6) is 1.27. The van der Waals surface area contributed by atoms with Crippen molar-refractivity contribution >= 4 is 5.96 Å². The van der Waals surface area contributed by atoms with Crippen LogP contribution in [0.1, 0.15) is 12.6 Å². The molecule has 0 aliphatic carbocycles. The van der Waals surface area contributed by atoms with Crippen molar-refractivity contribution in [3.63, 3.8) is 0 Å². The molecule has 0 bridgehead atoms. The second kappa shape index (κ2) is 10.3. The van der Waals surface area contributed by atoms with Crippen molar-refractivity contribution in [1.29, 1.82) is 0 Å². The zero-order valence-electron chi connectivity index (χ0n) is 17.3. The number of ether oxygens (including phenoxy) is 2. The molecule has 7 nitrogen and oxygen atoms in total. The lowest BCUT2D eigenvalue weighted by molar-refractivity contribution is 0.214. The molecule has 0 fully saturated rings. The molecule has 158 valence electrons. The van der Waals surface area contributed by atoms with Gasteiger partial charge in [0.1, 0.15) is 11.9 Å². The van der Waals surface area contributed by atoms with Crippen LogP contribution in [0.25, 0.3) is 5.69 Å². The van der Waals surface area contributed by atoms with Crippen molar-refractivity contribution in [3.05, 3.63) is 72.3 Å². The molecular weight excluding hydrogens is 385 g/mol. The molecule has 0 radical (unpaired) electrons. The molecule has 0 spiro atoms. The first kappa shape index (κ1) is 21.2. The van der Waals surface area contributed by atoms with Crippen LogP contribution >= 0.6 is 0 Å². The Morgan fingerprint density at radius 3 is 2.60 bits per heavy atom. The predicted molar refractivity (Wildman–Crippen MR) is 115 cm³/mol. The number of benzene rings is 2. The Balaban J connectivity index is 1.48. The van der Waals surface area contributed by atoms with E-state index in [1.54, 1.807) is 37.0 Å². The second-order valence-electron chi connectivity index (χ2n) is 6.62. The molecule has 1 heterocycles. The third-order valence-corrected chi connectivity index (χ3v) is 4.36. The van der Waals surface area contributed by atoms with Crippen LogP contribution < -0.4 is 20.1 Å². The average molecular weight is 411 g/mol. The monoisotopic (exact) mass is 411 g/mol. The summed E-state index contributed by atoms with van der Waals surface area (Å²) in [5, 5.41) is 11.0. The van der Waals surface area contributed by atoms with Crippen LogP contribution in [0, 0.1) is 5.82 Å². The molecule has 3 aromatic rings. The molecule has 0 amide bonds. The summed E-state index contributed by atoms with van der Waals surface area (Å²) in [4.78, 5) is 4.20. The summed E-state index contributed by atoms with van der Waals surface area (Å²) in [5.41, 5.74) is 1.81. The zero-order chi connectivity index (χ0) is 21.3. The number of guanidine groups is 1. The van der Waals surface area contributed by atoms with Gasteiger partial charge >= 0.3 is 0 Å². The smallest absolute Gasteiger partial charge is 0.191 e. The maximum absolute atomic E-state index is 13.7. The summed E-state index contributed by atoms with van der Waals surface area (Å²) in [6, 6.07) is 16.0. The van der Waals surface area contributed by atoms with E-state index < -0.39 is 0 Å². The number of aliphatic imine (C=N–C) groups is 1. The number of hydrogen-bond acceptors (Lipinski definition) is 4. The second-order valence-corrected chi connectivity index (χ2v) is 6.62. The van der Waals surface area contributed by atoms with Crippen molar-refractivity contribution in [2.75, 3.05) is 20.7 Å². The lowest BCUT2D eigenvalue weighted by atomic mass is 10.3. The maximum Gasteiger partial charge on any atom is 0.191 e. The number of aromatic nitrogens is 2. The minimum atomic E-state index is -0.376. The fourth-order valence-corrected chi connectivity index (χ4v) is 2.77. The molecule has 0 aliphatic heterocycles. The third-order valence-electron chi connectivity index (χ3n) is 4.36. The minimum Gasteiger partial charge on any atom is -0.497 e. The van der Waals surface area contributed by atoms with Gasteiger partial charge in [-0.3, -0.25) is 4.99 Å². The van der Waals surface area contributed by atoms with E-state index in [1.165, 1.54) is 6.07 Å². The Hall–Kier alpha value is -3.55. The number of halogens is 1. The van der Waals surface area contributed by atoms with Gasteiger partial charge in [0.2, 0.25) is 0 Å². The number of hydrogen-bond donors (Lipinski definition) is 2. The van der Waals surface area contributed by atoms with Crippen LogP contribution in [0.5, 0.6) is 11.5 Å². The molecule has 3 rings (SSSR count). The number of methoxy groups -OCH3 is 1. The fourth-order valence-electron chi connectivity index (χ4n) is 2.77. The van der Waals surface area contributed by atoms with Gasteiger partial charge in [0.05, 0.1) is 31.6 Å². The van der Waals surface area contributed by atoms with Crippen molar-refractivity contribution in [2.24, 2.45) is 4.99 Å². The van der Waals surface area contributed by atoms with E-state index in [9.17, 15) is 4.39 Å². The Bertz CT molecular complexity index is 972. The molecule has 30 heavy (non-hydrogen) atoms. The number of rotatable bonds is 8. The summed E-state index contributed by atoms with van der Waals surface area (Å²) in [7, 11) is 3.33. The van der Waals surface area contributed by atoms with Crippen LogP contribution in [-0.2, 0) is 6.54 Å². The first-order chi connectivity index (χ1) is 14.6. The van der Waals surface area contributed by atoms with Crippen molar-refractivity contribution in [1.82, 2.24) is 20.4 Å². The first-order valence-corrected chi connectivity index (χ1v) is 9.63. The summed E-state index contributed by atoms with van der Waals surface area (Å²) < 4.78 is 26.3. The molecule has 2 aromatic carbocycles. The van der Waals surface area contributed by atoms with E-state index in [0.29, 0.717) is 19.0 Å². The molecule has 1 atom stereocenters. The van der Waals surface area contributed by atoms with Gasteiger partial charge in [-0.15, -0.1) is 0 Å². The van der Waals surface area contributed by atoms with Gasteiger partial charge in [-0.1, -0.05) is 12.1 Å². The highest BCUT2D eigenvalue weighted by atomic mass is 19.1. The van der Waals surface area contributed by atoms with E-state index in [0.717, 1.165) is 17.1 Å². The quantitative estimate of drug-likeness (QED) is 0.440. The van der Waals surface area contributed by atoms with Crippen LogP contribution in [0.4, 0.5) is 4.39 Å². The van der Waals surface area contributed by atoms with Gasteiger partial charge in [-0.2, -0.15) is 5.10 Å². The van der Waals surface area contributed by atoms with E-state index >= 15 is 0 Å². The Morgan fingerprint density at radius 1 is 1.13 bits per heavy atom. The maximum atomic E-state index is 13.7. The molecule has 1 unspecified atom stereocenters. The fraction of sp³-hybridized carbons (Fsp3) is 0.273. The molecule has 0 saturated heterocycles. The highest BCUT2D eigenvalue weighted by molar-refractivity contribution is 5.79.